The Morgan fingerprint density at radius 2 is 2.05 bits per heavy atom. The lowest BCUT2D eigenvalue weighted by atomic mass is 9.94. The molecule has 1 rings (SSSR count). The Bertz CT molecular complexity index is 311. The second kappa shape index (κ2) is 7.27. The first-order chi connectivity index (χ1) is 9.24. The van der Waals surface area contributed by atoms with Crippen LogP contribution in [0, 0.1) is 5.92 Å². The van der Waals surface area contributed by atoms with Gasteiger partial charge in [0.2, 0.25) is 0 Å². The molecule has 1 heterocycles. The van der Waals surface area contributed by atoms with Gasteiger partial charge < -0.3 is 19.7 Å². The molecule has 0 saturated carbocycles. The summed E-state index contributed by atoms with van der Waals surface area (Å²) in [6.07, 6.45) is 0.728. The lowest BCUT2D eigenvalue weighted by molar-refractivity contribution is -0.00438. The zero-order chi connectivity index (χ0) is 15.3. The summed E-state index contributed by atoms with van der Waals surface area (Å²) in [6.45, 7) is 12.1. The minimum absolute atomic E-state index is 0.124. The maximum atomic E-state index is 12.4. The molecule has 0 aromatic heterocycles. The van der Waals surface area contributed by atoms with Gasteiger partial charge in [0.15, 0.2) is 0 Å². The second-order valence-corrected chi connectivity index (χ2v) is 6.89. The topological polar surface area (TPSA) is 50.8 Å². The fourth-order valence-corrected chi connectivity index (χ4v) is 2.56. The number of ether oxygens (including phenoxy) is 2. The molecule has 0 bridgehead atoms. The number of methoxy groups -OCH3 is 1. The predicted octanol–water partition coefficient (Wildman–Crippen LogP) is 2.26. The maximum absolute atomic E-state index is 12.4. The summed E-state index contributed by atoms with van der Waals surface area (Å²) in [4.78, 5) is 14.3. The average molecular weight is 286 g/mol. The van der Waals surface area contributed by atoms with Gasteiger partial charge in [-0.15, -0.1) is 0 Å². The van der Waals surface area contributed by atoms with Gasteiger partial charge in [-0.1, -0.05) is 13.8 Å². The van der Waals surface area contributed by atoms with Crippen molar-refractivity contribution in [2.45, 2.75) is 58.7 Å². The number of nitrogens with one attached hydrogen (secondary N) is 1. The van der Waals surface area contributed by atoms with Crippen molar-refractivity contribution < 1.29 is 14.3 Å². The first kappa shape index (κ1) is 17.2. The summed E-state index contributed by atoms with van der Waals surface area (Å²) in [5, 5.41) is 3.45. The van der Waals surface area contributed by atoms with Crippen LogP contribution in [-0.4, -0.2) is 55.5 Å². The van der Waals surface area contributed by atoms with Crippen LogP contribution < -0.4 is 5.32 Å². The van der Waals surface area contributed by atoms with Crippen LogP contribution in [-0.2, 0) is 9.47 Å². The third kappa shape index (κ3) is 5.29. The number of amides is 1. The van der Waals surface area contributed by atoms with Gasteiger partial charge in [0.05, 0.1) is 18.7 Å². The van der Waals surface area contributed by atoms with E-state index < -0.39 is 5.60 Å². The minimum Gasteiger partial charge on any atom is -0.444 e. The molecular formula is C15H30N2O3. The van der Waals surface area contributed by atoms with Crippen molar-refractivity contribution in [3.05, 3.63) is 0 Å². The molecule has 5 heteroatoms. The predicted molar refractivity (Wildman–Crippen MR) is 79.8 cm³/mol. The zero-order valence-corrected chi connectivity index (χ0v) is 13.7. The molecule has 0 aliphatic carbocycles. The Morgan fingerprint density at radius 3 is 2.55 bits per heavy atom. The Hall–Kier alpha value is -0.810. The van der Waals surface area contributed by atoms with E-state index in [9.17, 15) is 4.79 Å². The van der Waals surface area contributed by atoms with Crippen LogP contribution in [0.25, 0.3) is 0 Å². The maximum Gasteiger partial charge on any atom is 0.410 e. The quantitative estimate of drug-likeness (QED) is 0.861. The molecule has 1 aliphatic heterocycles. The van der Waals surface area contributed by atoms with E-state index in [4.69, 9.17) is 9.47 Å². The van der Waals surface area contributed by atoms with Gasteiger partial charge in [0, 0.05) is 20.2 Å². The third-order valence-corrected chi connectivity index (χ3v) is 3.31. The molecule has 0 aromatic carbocycles. The number of rotatable bonds is 4. The second-order valence-electron chi connectivity index (χ2n) is 6.89. The van der Waals surface area contributed by atoms with Gasteiger partial charge >= 0.3 is 6.09 Å². The van der Waals surface area contributed by atoms with Crippen LogP contribution >= 0.6 is 0 Å². The van der Waals surface area contributed by atoms with Crippen LogP contribution in [0.15, 0.2) is 0 Å². The largest absolute Gasteiger partial charge is 0.444 e. The highest BCUT2D eigenvalue weighted by Gasteiger charge is 2.36. The summed E-state index contributed by atoms with van der Waals surface area (Å²) >= 11 is 0. The molecule has 1 aliphatic rings. The van der Waals surface area contributed by atoms with Crippen LogP contribution in [0.4, 0.5) is 4.79 Å². The van der Waals surface area contributed by atoms with Crippen LogP contribution in [0.5, 0.6) is 0 Å². The van der Waals surface area contributed by atoms with Crippen molar-refractivity contribution in [3.63, 3.8) is 0 Å². The van der Waals surface area contributed by atoms with Crippen molar-refractivity contribution in [1.82, 2.24) is 10.2 Å². The highest BCUT2D eigenvalue weighted by molar-refractivity contribution is 5.69. The molecule has 1 saturated heterocycles. The molecule has 2 atom stereocenters. The summed E-state index contributed by atoms with van der Waals surface area (Å²) < 4.78 is 10.8. The van der Waals surface area contributed by atoms with Gasteiger partial charge in [-0.2, -0.15) is 0 Å². The Morgan fingerprint density at radius 1 is 1.40 bits per heavy atom. The number of piperazine rings is 1. The molecule has 1 N–H and O–H groups in total. The number of hydrogen-bond donors (Lipinski definition) is 1. The van der Waals surface area contributed by atoms with E-state index in [0.29, 0.717) is 19.1 Å². The van der Waals surface area contributed by atoms with Crippen molar-refractivity contribution in [1.29, 1.82) is 0 Å². The highest BCUT2D eigenvalue weighted by atomic mass is 16.6. The molecule has 5 nitrogen and oxygen atoms in total. The van der Waals surface area contributed by atoms with Gasteiger partial charge in [-0.25, -0.2) is 4.79 Å². The van der Waals surface area contributed by atoms with Crippen molar-refractivity contribution in [2.75, 3.05) is 26.8 Å². The zero-order valence-electron chi connectivity index (χ0n) is 13.7. The summed E-state index contributed by atoms with van der Waals surface area (Å²) in [6, 6.07) is 0.294. The molecule has 0 radical (unpaired) electrons. The molecule has 118 valence electrons. The Kier molecular flexibility index (Phi) is 6.27. The fourth-order valence-electron chi connectivity index (χ4n) is 2.56. The number of nitrogens with zero attached hydrogens (tertiary/aromatic N) is 1. The van der Waals surface area contributed by atoms with E-state index >= 15 is 0 Å². The van der Waals surface area contributed by atoms with Crippen molar-refractivity contribution in [3.8, 4) is 0 Å². The minimum atomic E-state index is -0.457. The molecule has 1 amide bonds. The monoisotopic (exact) mass is 286 g/mol. The smallest absolute Gasteiger partial charge is 0.410 e. The molecule has 2 unspecified atom stereocenters. The van der Waals surface area contributed by atoms with Gasteiger partial charge in [-0.3, -0.25) is 0 Å². The van der Waals surface area contributed by atoms with Gasteiger partial charge in [0.25, 0.3) is 0 Å². The van der Waals surface area contributed by atoms with E-state index in [-0.39, 0.29) is 18.2 Å². The molecule has 0 spiro atoms. The number of carbonyl (C=O) groups is 1. The normalized spacial score (nSPS) is 24.1. The summed E-state index contributed by atoms with van der Waals surface area (Å²) in [5.41, 5.74) is -0.457. The molecular weight excluding hydrogens is 256 g/mol. The summed E-state index contributed by atoms with van der Waals surface area (Å²) in [7, 11) is 1.69. The first-order valence-electron chi connectivity index (χ1n) is 7.46. The fraction of sp³-hybridized carbons (Fsp3) is 0.933. The van der Waals surface area contributed by atoms with E-state index in [1.807, 2.05) is 25.7 Å². The van der Waals surface area contributed by atoms with Crippen LogP contribution in [0.1, 0.15) is 41.0 Å². The molecule has 1 fully saturated rings. The van der Waals surface area contributed by atoms with E-state index in [1.54, 1.807) is 7.11 Å². The lowest BCUT2D eigenvalue weighted by Crippen LogP contribution is -2.61. The van der Waals surface area contributed by atoms with Crippen molar-refractivity contribution in [2.24, 2.45) is 5.92 Å². The SMILES string of the molecule is COCC1NCCN(C(=O)OC(C)(C)C)C1CC(C)C. The third-order valence-electron chi connectivity index (χ3n) is 3.31. The number of carbonyl (C=O) groups excluding carboxylic acids is 1. The van der Waals surface area contributed by atoms with Gasteiger partial charge in [0.1, 0.15) is 5.60 Å². The average Bonchev–Trinajstić information content (AvgIpc) is 2.28. The molecule has 20 heavy (non-hydrogen) atoms. The molecule has 0 aromatic rings. The van der Waals surface area contributed by atoms with Gasteiger partial charge in [-0.05, 0) is 33.1 Å². The Labute approximate surface area is 123 Å². The highest BCUT2D eigenvalue weighted by Crippen LogP contribution is 2.21. The van der Waals surface area contributed by atoms with E-state index in [0.717, 1.165) is 13.0 Å². The van der Waals surface area contributed by atoms with E-state index in [2.05, 4.69) is 19.2 Å². The van der Waals surface area contributed by atoms with E-state index in [1.165, 1.54) is 0 Å². The van der Waals surface area contributed by atoms with Crippen LogP contribution in [0.2, 0.25) is 0 Å². The lowest BCUT2D eigenvalue weighted by Gasteiger charge is -2.42. The Balaban J connectivity index is 2.80. The standard InChI is InChI=1S/C15H30N2O3/c1-11(2)9-13-12(10-19-6)16-7-8-17(13)14(18)20-15(3,4)5/h11-13,16H,7-10H2,1-6H3. The number of hydrogen-bond acceptors (Lipinski definition) is 4. The van der Waals surface area contributed by atoms with Crippen LogP contribution in [0.3, 0.4) is 0 Å². The van der Waals surface area contributed by atoms with Crippen molar-refractivity contribution >= 4 is 6.09 Å². The summed E-state index contributed by atoms with van der Waals surface area (Å²) in [5.74, 6) is 0.518. The first-order valence-corrected chi connectivity index (χ1v) is 7.46.